The zero-order valence-corrected chi connectivity index (χ0v) is 9.78. The third kappa shape index (κ3) is 4.78. The molecule has 0 aliphatic rings. The number of nitrogens with one attached hydrogen (secondary N) is 1. The van der Waals surface area contributed by atoms with Crippen molar-refractivity contribution in [1.29, 1.82) is 0 Å². The molecule has 0 spiro atoms. The fourth-order valence-corrected chi connectivity index (χ4v) is 0.950. The average Bonchev–Trinajstić information content (AvgIpc) is 2.22. The highest BCUT2D eigenvalue weighted by Crippen LogP contribution is 2.01. The predicted octanol–water partition coefficient (Wildman–Crippen LogP) is 0.164. The number of aliphatic carboxylic acids is 1. The fourth-order valence-electron chi connectivity index (χ4n) is 0.950. The first-order valence-corrected chi connectivity index (χ1v) is 5.10. The number of carboxylic acid groups (broad SMARTS) is 1. The number of nitrogens with zero attached hydrogens (tertiary/aromatic N) is 1. The molecule has 0 saturated heterocycles. The summed E-state index contributed by atoms with van der Waals surface area (Å²) in [5.74, 6) is -1.38. The molecule has 0 fully saturated rings. The third-order valence-corrected chi connectivity index (χ3v) is 2.61. The number of carbonyl (C=O) groups is 2. The molecule has 5 nitrogen and oxygen atoms in total. The van der Waals surface area contributed by atoms with E-state index in [-0.39, 0.29) is 18.5 Å². The molecule has 1 amide bonds. The zero-order valence-electron chi connectivity index (χ0n) is 9.78. The first-order valence-electron chi connectivity index (χ1n) is 5.10. The summed E-state index contributed by atoms with van der Waals surface area (Å²) in [5, 5.41) is 11.6. The third-order valence-electron chi connectivity index (χ3n) is 2.61. The van der Waals surface area contributed by atoms with Crippen LogP contribution in [0, 0.1) is 5.92 Å². The molecule has 0 radical (unpaired) electrons. The van der Waals surface area contributed by atoms with Crippen molar-refractivity contribution in [3.05, 3.63) is 0 Å². The van der Waals surface area contributed by atoms with Gasteiger partial charge < -0.3 is 15.3 Å². The van der Waals surface area contributed by atoms with Gasteiger partial charge in [-0.05, 0) is 13.8 Å². The lowest BCUT2D eigenvalue weighted by molar-refractivity contribution is -0.142. The molecule has 0 bridgehead atoms. The van der Waals surface area contributed by atoms with Gasteiger partial charge in [-0.1, -0.05) is 6.92 Å². The Kier molecular flexibility index (Phi) is 5.93. The topological polar surface area (TPSA) is 69.6 Å². The SMILES string of the molecule is CCN(C)C(=O)CNC(C)C(C)C(=O)O. The van der Waals surface area contributed by atoms with E-state index in [1.165, 1.54) is 0 Å². The number of hydrogen-bond donors (Lipinski definition) is 2. The quantitative estimate of drug-likeness (QED) is 0.663. The van der Waals surface area contributed by atoms with Crippen LogP contribution in [0.1, 0.15) is 20.8 Å². The van der Waals surface area contributed by atoms with Gasteiger partial charge in [0.25, 0.3) is 0 Å². The Morgan fingerprint density at radius 2 is 1.93 bits per heavy atom. The largest absolute Gasteiger partial charge is 0.481 e. The first kappa shape index (κ1) is 13.9. The van der Waals surface area contributed by atoms with Crippen LogP contribution in [0.4, 0.5) is 0 Å². The molecule has 88 valence electrons. The van der Waals surface area contributed by atoms with E-state index < -0.39 is 11.9 Å². The van der Waals surface area contributed by atoms with Gasteiger partial charge in [0.2, 0.25) is 5.91 Å². The van der Waals surface area contributed by atoms with Crippen LogP contribution in [0.25, 0.3) is 0 Å². The van der Waals surface area contributed by atoms with Crippen LogP contribution in [0.15, 0.2) is 0 Å². The summed E-state index contributed by atoms with van der Waals surface area (Å²) in [6, 6.07) is -0.211. The van der Waals surface area contributed by atoms with Crippen LogP contribution in [0.2, 0.25) is 0 Å². The molecule has 2 atom stereocenters. The monoisotopic (exact) mass is 216 g/mol. The van der Waals surface area contributed by atoms with Gasteiger partial charge in [0, 0.05) is 19.6 Å². The molecule has 15 heavy (non-hydrogen) atoms. The van der Waals surface area contributed by atoms with Crippen molar-refractivity contribution in [2.75, 3.05) is 20.1 Å². The van der Waals surface area contributed by atoms with E-state index >= 15 is 0 Å². The van der Waals surface area contributed by atoms with Gasteiger partial charge in [-0.15, -0.1) is 0 Å². The van der Waals surface area contributed by atoms with Crippen molar-refractivity contribution in [2.24, 2.45) is 5.92 Å². The van der Waals surface area contributed by atoms with Crippen molar-refractivity contribution >= 4 is 11.9 Å². The van der Waals surface area contributed by atoms with E-state index in [0.29, 0.717) is 6.54 Å². The number of likely N-dealkylation sites (N-methyl/N-ethyl adjacent to an activating group) is 1. The molecule has 0 aromatic rings. The zero-order chi connectivity index (χ0) is 12.0. The molecule has 0 heterocycles. The van der Waals surface area contributed by atoms with Crippen molar-refractivity contribution in [2.45, 2.75) is 26.8 Å². The van der Waals surface area contributed by atoms with Crippen LogP contribution >= 0.6 is 0 Å². The molecule has 0 saturated carbocycles. The minimum Gasteiger partial charge on any atom is -0.481 e. The Morgan fingerprint density at radius 3 is 2.33 bits per heavy atom. The standard InChI is InChI=1S/C10H20N2O3/c1-5-12(4)9(13)6-11-8(3)7(2)10(14)15/h7-8,11H,5-6H2,1-4H3,(H,14,15). The highest BCUT2D eigenvalue weighted by molar-refractivity contribution is 5.78. The molecule has 0 aromatic heterocycles. The molecule has 0 aliphatic carbocycles. The Bertz CT molecular complexity index is 231. The summed E-state index contributed by atoms with van der Waals surface area (Å²) in [7, 11) is 1.72. The summed E-state index contributed by atoms with van der Waals surface area (Å²) >= 11 is 0. The Morgan fingerprint density at radius 1 is 1.40 bits per heavy atom. The lowest BCUT2D eigenvalue weighted by Crippen LogP contribution is -2.42. The molecular formula is C10H20N2O3. The van der Waals surface area contributed by atoms with Crippen molar-refractivity contribution in [1.82, 2.24) is 10.2 Å². The Labute approximate surface area is 90.5 Å². The summed E-state index contributed by atoms with van der Waals surface area (Å²) in [6.07, 6.45) is 0. The van der Waals surface area contributed by atoms with Crippen molar-refractivity contribution in [3.8, 4) is 0 Å². The number of amides is 1. The minimum atomic E-state index is -0.855. The fraction of sp³-hybridized carbons (Fsp3) is 0.800. The average molecular weight is 216 g/mol. The van der Waals surface area contributed by atoms with Gasteiger partial charge in [0.1, 0.15) is 0 Å². The smallest absolute Gasteiger partial charge is 0.307 e. The maximum absolute atomic E-state index is 11.4. The van der Waals surface area contributed by atoms with Gasteiger partial charge in [0.15, 0.2) is 0 Å². The van der Waals surface area contributed by atoms with E-state index in [9.17, 15) is 9.59 Å². The van der Waals surface area contributed by atoms with E-state index in [4.69, 9.17) is 5.11 Å². The molecule has 5 heteroatoms. The first-order chi connectivity index (χ1) is 6.90. The molecule has 2 N–H and O–H groups in total. The number of rotatable bonds is 6. The van der Waals surface area contributed by atoms with Crippen LogP contribution < -0.4 is 5.32 Å². The van der Waals surface area contributed by atoms with Crippen LogP contribution in [-0.4, -0.2) is 48.1 Å². The van der Waals surface area contributed by atoms with Gasteiger partial charge >= 0.3 is 5.97 Å². The summed E-state index contributed by atoms with van der Waals surface area (Å²) in [4.78, 5) is 23.6. The van der Waals surface area contributed by atoms with E-state index in [1.54, 1.807) is 25.8 Å². The molecule has 2 unspecified atom stereocenters. The highest BCUT2D eigenvalue weighted by Gasteiger charge is 2.19. The Balaban J connectivity index is 3.95. The molecule has 0 rings (SSSR count). The lowest BCUT2D eigenvalue weighted by atomic mass is 10.0. The second-order valence-electron chi connectivity index (χ2n) is 3.70. The summed E-state index contributed by atoms with van der Waals surface area (Å²) < 4.78 is 0. The van der Waals surface area contributed by atoms with Crippen molar-refractivity contribution < 1.29 is 14.7 Å². The number of hydrogen-bond acceptors (Lipinski definition) is 3. The van der Waals surface area contributed by atoms with Gasteiger partial charge in [-0.25, -0.2) is 0 Å². The van der Waals surface area contributed by atoms with Crippen LogP contribution in [0.3, 0.4) is 0 Å². The number of carboxylic acids is 1. The van der Waals surface area contributed by atoms with Gasteiger partial charge in [-0.2, -0.15) is 0 Å². The molecular weight excluding hydrogens is 196 g/mol. The molecule has 0 aromatic carbocycles. The maximum Gasteiger partial charge on any atom is 0.307 e. The van der Waals surface area contributed by atoms with E-state index in [1.807, 2.05) is 6.92 Å². The second-order valence-corrected chi connectivity index (χ2v) is 3.70. The normalized spacial score (nSPS) is 14.4. The minimum absolute atomic E-state index is 0.0260. The lowest BCUT2D eigenvalue weighted by Gasteiger charge is -2.20. The van der Waals surface area contributed by atoms with E-state index in [0.717, 1.165) is 0 Å². The summed E-state index contributed by atoms with van der Waals surface area (Å²) in [6.45, 7) is 6.11. The van der Waals surface area contributed by atoms with Crippen LogP contribution in [0.5, 0.6) is 0 Å². The maximum atomic E-state index is 11.4. The predicted molar refractivity (Wildman–Crippen MR) is 57.6 cm³/mol. The van der Waals surface area contributed by atoms with Crippen LogP contribution in [-0.2, 0) is 9.59 Å². The Hall–Kier alpha value is -1.10. The van der Waals surface area contributed by atoms with Crippen molar-refractivity contribution in [3.63, 3.8) is 0 Å². The number of carbonyl (C=O) groups excluding carboxylic acids is 1. The highest BCUT2D eigenvalue weighted by atomic mass is 16.4. The van der Waals surface area contributed by atoms with Gasteiger partial charge in [0.05, 0.1) is 12.5 Å². The van der Waals surface area contributed by atoms with E-state index in [2.05, 4.69) is 5.32 Å². The van der Waals surface area contributed by atoms with Gasteiger partial charge in [-0.3, -0.25) is 9.59 Å². The molecule has 0 aliphatic heterocycles. The summed E-state index contributed by atoms with van der Waals surface area (Å²) in [5.41, 5.74) is 0. The second kappa shape index (κ2) is 6.40.